The predicted molar refractivity (Wildman–Crippen MR) is 133 cm³/mol. The summed E-state index contributed by atoms with van der Waals surface area (Å²) in [4.78, 5) is 27.7. The number of carbonyl (C=O) groups excluding carboxylic acids is 1. The molecule has 1 saturated heterocycles. The summed E-state index contributed by atoms with van der Waals surface area (Å²) in [5, 5.41) is 16.3. The van der Waals surface area contributed by atoms with E-state index in [1.54, 1.807) is 10.7 Å². The SMILES string of the molecule is O=C(NC1CCC(c2n[nH]c(=O)c3ccccc23)CC1)c1cnn2cccc(N3CCOCC3)c12. The van der Waals surface area contributed by atoms with Crippen LogP contribution in [0.2, 0.25) is 0 Å². The Morgan fingerprint density at radius 2 is 1.80 bits per heavy atom. The van der Waals surface area contributed by atoms with E-state index in [1.807, 2.05) is 42.6 Å². The van der Waals surface area contributed by atoms with E-state index in [0.717, 1.165) is 61.1 Å². The Kier molecular flexibility index (Phi) is 5.69. The number of nitrogens with one attached hydrogen (secondary N) is 2. The largest absolute Gasteiger partial charge is 0.378 e. The number of pyridine rings is 1. The van der Waals surface area contributed by atoms with Gasteiger partial charge in [0.25, 0.3) is 11.5 Å². The summed E-state index contributed by atoms with van der Waals surface area (Å²) in [6, 6.07) is 11.7. The van der Waals surface area contributed by atoms with Crippen molar-refractivity contribution in [2.45, 2.75) is 37.6 Å². The zero-order valence-corrected chi connectivity index (χ0v) is 19.4. The molecule has 1 amide bonds. The van der Waals surface area contributed by atoms with Crippen LogP contribution >= 0.6 is 0 Å². The molecule has 180 valence electrons. The number of fused-ring (bicyclic) bond motifs is 2. The Morgan fingerprint density at radius 1 is 1.03 bits per heavy atom. The van der Waals surface area contributed by atoms with E-state index in [9.17, 15) is 9.59 Å². The minimum atomic E-state index is -0.157. The van der Waals surface area contributed by atoms with E-state index in [-0.39, 0.29) is 23.4 Å². The van der Waals surface area contributed by atoms with Gasteiger partial charge in [0.1, 0.15) is 5.52 Å². The van der Waals surface area contributed by atoms with Crippen molar-refractivity contribution in [1.29, 1.82) is 0 Å². The Morgan fingerprint density at radius 3 is 2.60 bits per heavy atom. The van der Waals surface area contributed by atoms with Crippen LogP contribution in [0.5, 0.6) is 0 Å². The molecule has 0 atom stereocenters. The van der Waals surface area contributed by atoms with Crippen LogP contribution in [0.25, 0.3) is 16.3 Å². The average Bonchev–Trinajstić information content (AvgIpc) is 3.35. The van der Waals surface area contributed by atoms with Crippen molar-refractivity contribution in [2.24, 2.45) is 0 Å². The van der Waals surface area contributed by atoms with Gasteiger partial charge in [-0.15, -0.1) is 0 Å². The number of benzene rings is 1. The molecule has 9 heteroatoms. The van der Waals surface area contributed by atoms with Gasteiger partial charge in [-0.3, -0.25) is 9.59 Å². The Balaban J connectivity index is 1.18. The van der Waals surface area contributed by atoms with Gasteiger partial charge in [-0.25, -0.2) is 9.61 Å². The molecule has 0 radical (unpaired) electrons. The Labute approximate surface area is 202 Å². The first kappa shape index (κ1) is 21.8. The number of hydrogen-bond acceptors (Lipinski definition) is 6. The number of morpholine rings is 1. The van der Waals surface area contributed by atoms with Gasteiger partial charge in [0.15, 0.2) is 0 Å². The van der Waals surface area contributed by atoms with Crippen LogP contribution < -0.4 is 15.8 Å². The number of carbonyl (C=O) groups is 1. The molecule has 2 aliphatic rings. The third-order valence-corrected chi connectivity index (χ3v) is 7.29. The monoisotopic (exact) mass is 472 g/mol. The van der Waals surface area contributed by atoms with E-state index in [4.69, 9.17) is 4.74 Å². The molecular weight excluding hydrogens is 444 g/mol. The second kappa shape index (κ2) is 9.14. The molecule has 6 rings (SSSR count). The van der Waals surface area contributed by atoms with Gasteiger partial charge < -0.3 is 15.0 Å². The highest BCUT2D eigenvalue weighted by Crippen LogP contribution is 2.34. The highest BCUT2D eigenvalue weighted by molar-refractivity contribution is 6.04. The van der Waals surface area contributed by atoms with E-state index in [2.05, 4.69) is 25.5 Å². The van der Waals surface area contributed by atoms with Crippen molar-refractivity contribution in [3.8, 4) is 0 Å². The number of nitrogens with zero attached hydrogens (tertiary/aromatic N) is 4. The molecule has 3 aromatic heterocycles. The minimum absolute atomic E-state index is 0.0863. The third-order valence-electron chi connectivity index (χ3n) is 7.29. The van der Waals surface area contributed by atoms with Crippen molar-refractivity contribution < 1.29 is 9.53 Å². The third kappa shape index (κ3) is 4.05. The fourth-order valence-electron chi connectivity index (χ4n) is 5.47. The lowest BCUT2D eigenvalue weighted by Gasteiger charge is -2.30. The molecule has 1 aliphatic carbocycles. The molecule has 0 unspecified atom stereocenters. The van der Waals surface area contributed by atoms with Gasteiger partial charge in [0, 0.05) is 36.6 Å². The number of aromatic amines is 1. The molecule has 1 aliphatic heterocycles. The number of aromatic nitrogens is 4. The molecule has 0 bridgehead atoms. The topological polar surface area (TPSA) is 105 Å². The number of H-pyrrole nitrogens is 1. The van der Waals surface area contributed by atoms with Gasteiger partial charge in [-0.05, 0) is 43.9 Å². The van der Waals surface area contributed by atoms with Gasteiger partial charge in [-0.1, -0.05) is 18.2 Å². The van der Waals surface area contributed by atoms with Gasteiger partial charge >= 0.3 is 0 Å². The zero-order valence-electron chi connectivity index (χ0n) is 19.4. The molecule has 1 aromatic carbocycles. The summed E-state index contributed by atoms with van der Waals surface area (Å²) in [6.45, 7) is 2.95. The summed E-state index contributed by atoms with van der Waals surface area (Å²) in [6.07, 6.45) is 7.07. The van der Waals surface area contributed by atoms with Crippen LogP contribution in [0, 0.1) is 0 Å². The standard InChI is InChI=1S/C26H28N6O3/c33-25(21-16-27-32-11-3-6-22(24(21)32)31-12-14-35-15-13-31)28-18-9-7-17(8-10-18)23-19-4-1-2-5-20(19)26(34)30-29-23/h1-6,11,16-18H,7-10,12-15H2,(H,28,33)(H,30,34). The smallest absolute Gasteiger partial charge is 0.272 e. The van der Waals surface area contributed by atoms with Gasteiger partial charge in [0.2, 0.25) is 0 Å². The molecule has 4 aromatic rings. The summed E-state index contributed by atoms with van der Waals surface area (Å²) in [5.41, 5.74) is 3.24. The molecule has 35 heavy (non-hydrogen) atoms. The minimum Gasteiger partial charge on any atom is -0.378 e. The number of hydrogen-bond donors (Lipinski definition) is 2. The van der Waals surface area contributed by atoms with Crippen LogP contribution in [-0.4, -0.2) is 58.1 Å². The summed E-state index contributed by atoms with van der Waals surface area (Å²) in [7, 11) is 0. The van der Waals surface area contributed by atoms with Gasteiger partial charge in [-0.2, -0.15) is 10.2 Å². The number of rotatable bonds is 4. The van der Waals surface area contributed by atoms with E-state index in [0.29, 0.717) is 24.2 Å². The normalized spacial score (nSPS) is 20.9. The van der Waals surface area contributed by atoms with Gasteiger partial charge in [0.05, 0.1) is 41.7 Å². The quantitative estimate of drug-likeness (QED) is 0.473. The van der Waals surface area contributed by atoms with E-state index >= 15 is 0 Å². The van der Waals surface area contributed by atoms with Crippen molar-refractivity contribution in [3.63, 3.8) is 0 Å². The molecule has 4 heterocycles. The zero-order chi connectivity index (χ0) is 23.8. The number of ether oxygens (including phenoxy) is 1. The van der Waals surface area contributed by atoms with Crippen molar-refractivity contribution >= 4 is 27.9 Å². The van der Waals surface area contributed by atoms with Crippen LogP contribution in [0.3, 0.4) is 0 Å². The number of amides is 1. The highest BCUT2D eigenvalue weighted by Gasteiger charge is 2.28. The lowest BCUT2D eigenvalue weighted by molar-refractivity contribution is 0.0927. The molecule has 2 fully saturated rings. The van der Waals surface area contributed by atoms with E-state index < -0.39 is 0 Å². The number of anilines is 1. The lowest BCUT2D eigenvalue weighted by atomic mass is 9.82. The fraction of sp³-hybridized carbons (Fsp3) is 0.385. The fourth-order valence-corrected chi connectivity index (χ4v) is 5.47. The maximum atomic E-state index is 13.3. The van der Waals surface area contributed by atoms with Crippen molar-refractivity contribution in [1.82, 2.24) is 25.1 Å². The first-order valence-corrected chi connectivity index (χ1v) is 12.3. The summed E-state index contributed by atoms with van der Waals surface area (Å²) >= 11 is 0. The lowest BCUT2D eigenvalue weighted by Crippen LogP contribution is -2.38. The van der Waals surface area contributed by atoms with Crippen LogP contribution in [0.15, 0.2) is 53.6 Å². The van der Waals surface area contributed by atoms with Crippen molar-refractivity contribution in [3.05, 3.63) is 70.4 Å². The Hall–Kier alpha value is -3.72. The summed E-state index contributed by atoms with van der Waals surface area (Å²) < 4.78 is 7.28. The second-order valence-electron chi connectivity index (χ2n) is 9.35. The molecular formula is C26H28N6O3. The Bertz CT molecular complexity index is 1430. The van der Waals surface area contributed by atoms with Crippen LogP contribution in [-0.2, 0) is 4.74 Å². The maximum absolute atomic E-state index is 13.3. The molecule has 1 saturated carbocycles. The molecule has 0 spiro atoms. The van der Waals surface area contributed by atoms with Crippen molar-refractivity contribution in [2.75, 3.05) is 31.2 Å². The average molecular weight is 473 g/mol. The first-order chi connectivity index (χ1) is 17.2. The predicted octanol–water partition coefficient (Wildman–Crippen LogP) is 2.86. The van der Waals surface area contributed by atoms with Crippen LogP contribution in [0.4, 0.5) is 5.69 Å². The summed E-state index contributed by atoms with van der Waals surface area (Å²) in [5.74, 6) is 0.173. The molecule has 9 nitrogen and oxygen atoms in total. The molecule has 2 N–H and O–H groups in total. The highest BCUT2D eigenvalue weighted by atomic mass is 16.5. The van der Waals surface area contributed by atoms with E-state index in [1.165, 1.54) is 0 Å². The first-order valence-electron chi connectivity index (χ1n) is 12.3. The second-order valence-corrected chi connectivity index (χ2v) is 9.35. The maximum Gasteiger partial charge on any atom is 0.272 e. The van der Waals surface area contributed by atoms with Crippen LogP contribution in [0.1, 0.15) is 47.7 Å².